The molecule has 0 saturated heterocycles. The number of nitrogens with zero attached hydrogens (tertiary/aromatic N) is 1. The van der Waals surface area contributed by atoms with Gasteiger partial charge in [0.15, 0.2) is 18.1 Å². The van der Waals surface area contributed by atoms with Crippen LogP contribution in [0.15, 0.2) is 35.4 Å². The quantitative estimate of drug-likeness (QED) is 0.170. The van der Waals surface area contributed by atoms with Crippen molar-refractivity contribution in [1.82, 2.24) is 10.7 Å². The molecule has 0 aliphatic rings. The van der Waals surface area contributed by atoms with E-state index in [1.54, 1.807) is 37.3 Å². The number of amides is 3. The zero-order chi connectivity index (χ0) is 25.3. The molecular weight excluding hydrogens is 598 g/mol. The van der Waals surface area contributed by atoms with Gasteiger partial charge in [-0.05, 0) is 71.8 Å². The molecule has 0 unspecified atom stereocenters. The largest absolute Gasteiger partial charge is 0.493 e. The molecule has 0 aliphatic heterocycles. The third-order valence-electron chi connectivity index (χ3n) is 4.32. The van der Waals surface area contributed by atoms with Gasteiger partial charge in [-0.25, -0.2) is 5.43 Å². The molecule has 1 atom stereocenters. The summed E-state index contributed by atoms with van der Waals surface area (Å²) in [5.74, 6) is -1.34. The first-order chi connectivity index (χ1) is 16.1. The molecule has 0 saturated carbocycles. The van der Waals surface area contributed by atoms with E-state index in [0.717, 1.165) is 0 Å². The average Bonchev–Trinajstić information content (AvgIpc) is 2.76. The maximum Gasteiger partial charge on any atom is 0.329 e. The van der Waals surface area contributed by atoms with Crippen LogP contribution in [-0.2, 0) is 14.4 Å². The van der Waals surface area contributed by atoms with Gasteiger partial charge in [-0.1, -0.05) is 30.1 Å². The van der Waals surface area contributed by atoms with Gasteiger partial charge in [-0.2, -0.15) is 5.10 Å². The van der Waals surface area contributed by atoms with Crippen molar-refractivity contribution in [2.24, 2.45) is 5.10 Å². The molecule has 182 valence electrons. The fraction of sp³-hybridized carbons (Fsp3) is 0.273. The van der Waals surface area contributed by atoms with Crippen molar-refractivity contribution in [3.05, 3.63) is 49.5 Å². The lowest BCUT2D eigenvalue weighted by Crippen LogP contribution is -2.41. The van der Waals surface area contributed by atoms with Gasteiger partial charge in [-0.3, -0.25) is 14.4 Å². The third kappa shape index (κ3) is 8.65. The van der Waals surface area contributed by atoms with Crippen LogP contribution in [-0.4, -0.2) is 43.7 Å². The summed E-state index contributed by atoms with van der Waals surface area (Å²) in [5.41, 5.74) is 3.20. The summed E-state index contributed by atoms with van der Waals surface area (Å²) in [5, 5.41) is 9.80. The van der Waals surface area contributed by atoms with Gasteiger partial charge in [0.2, 0.25) is 0 Å². The Hall–Kier alpha value is -2.57. The zero-order valence-corrected chi connectivity index (χ0v) is 22.2. The summed E-state index contributed by atoms with van der Waals surface area (Å²) in [6.45, 7) is 3.40. The number of carbonyl (C=O) groups excluding carboxylic acids is 3. The predicted molar refractivity (Wildman–Crippen MR) is 140 cm³/mol. The lowest BCUT2D eigenvalue weighted by atomic mass is 10.2. The Labute approximate surface area is 220 Å². The van der Waals surface area contributed by atoms with E-state index in [0.29, 0.717) is 42.8 Å². The van der Waals surface area contributed by atoms with E-state index in [-0.39, 0.29) is 12.6 Å². The van der Waals surface area contributed by atoms with Crippen LogP contribution in [0, 0.1) is 3.57 Å². The smallest absolute Gasteiger partial charge is 0.329 e. The van der Waals surface area contributed by atoms with Crippen LogP contribution in [0.5, 0.6) is 11.5 Å². The number of nitrogens with one attached hydrogen (secondary N) is 3. The van der Waals surface area contributed by atoms with E-state index in [9.17, 15) is 14.4 Å². The SMILES string of the molecule is CC[C@@H](C)NC(=O)C(=O)N/N=C\c1cc(I)c(OCC(=O)Nc2cc(Cl)cc(Cl)c2)c(OC)c1. The van der Waals surface area contributed by atoms with Gasteiger partial charge in [0.25, 0.3) is 5.91 Å². The first kappa shape index (κ1) is 27.7. The van der Waals surface area contributed by atoms with Crippen LogP contribution in [0.2, 0.25) is 10.0 Å². The van der Waals surface area contributed by atoms with Gasteiger partial charge >= 0.3 is 11.8 Å². The van der Waals surface area contributed by atoms with Crippen molar-refractivity contribution >= 4 is 75.4 Å². The van der Waals surface area contributed by atoms with Gasteiger partial charge in [0, 0.05) is 21.8 Å². The van der Waals surface area contributed by atoms with Gasteiger partial charge in [0.05, 0.1) is 16.9 Å². The summed E-state index contributed by atoms with van der Waals surface area (Å²) in [7, 11) is 1.45. The lowest BCUT2D eigenvalue weighted by Gasteiger charge is -2.14. The number of methoxy groups -OCH3 is 1. The molecule has 9 nitrogen and oxygen atoms in total. The topological polar surface area (TPSA) is 118 Å². The van der Waals surface area contributed by atoms with Crippen molar-refractivity contribution in [2.75, 3.05) is 19.0 Å². The number of ether oxygens (including phenoxy) is 2. The minimum Gasteiger partial charge on any atom is -0.493 e. The highest BCUT2D eigenvalue weighted by atomic mass is 127. The molecule has 2 aromatic carbocycles. The van der Waals surface area contributed by atoms with E-state index in [1.165, 1.54) is 13.3 Å². The van der Waals surface area contributed by atoms with Crippen molar-refractivity contribution in [2.45, 2.75) is 26.3 Å². The minimum absolute atomic E-state index is 0.119. The molecule has 34 heavy (non-hydrogen) atoms. The Morgan fingerprint density at radius 2 is 1.79 bits per heavy atom. The Morgan fingerprint density at radius 1 is 1.12 bits per heavy atom. The molecule has 12 heteroatoms. The number of anilines is 1. The van der Waals surface area contributed by atoms with Gasteiger partial charge in [0.1, 0.15) is 0 Å². The normalized spacial score (nSPS) is 11.6. The molecule has 3 amide bonds. The van der Waals surface area contributed by atoms with Crippen LogP contribution in [0.25, 0.3) is 0 Å². The first-order valence-corrected chi connectivity index (χ1v) is 11.9. The molecule has 0 aliphatic carbocycles. The van der Waals surface area contributed by atoms with Crippen LogP contribution < -0.4 is 25.5 Å². The Balaban J connectivity index is 2.00. The average molecular weight is 621 g/mol. The van der Waals surface area contributed by atoms with E-state index >= 15 is 0 Å². The number of halogens is 3. The Morgan fingerprint density at radius 3 is 2.41 bits per heavy atom. The molecule has 0 spiro atoms. The molecule has 0 aromatic heterocycles. The van der Waals surface area contributed by atoms with E-state index < -0.39 is 17.7 Å². The predicted octanol–water partition coefficient (Wildman–Crippen LogP) is 3.99. The lowest BCUT2D eigenvalue weighted by molar-refractivity contribution is -0.139. The third-order valence-corrected chi connectivity index (χ3v) is 5.56. The zero-order valence-electron chi connectivity index (χ0n) is 18.6. The monoisotopic (exact) mass is 620 g/mol. The van der Waals surface area contributed by atoms with Gasteiger partial charge in [-0.15, -0.1) is 0 Å². The minimum atomic E-state index is -0.870. The molecule has 3 N–H and O–H groups in total. The number of carbonyl (C=O) groups is 3. The molecule has 0 heterocycles. The van der Waals surface area contributed by atoms with Crippen molar-refractivity contribution in [1.29, 1.82) is 0 Å². The van der Waals surface area contributed by atoms with Crippen LogP contribution in [0.4, 0.5) is 5.69 Å². The maximum absolute atomic E-state index is 12.3. The molecule has 2 rings (SSSR count). The number of benzene rings is 2. The van der Waals surface area contributed by atoms with Crippen molar-refractivity contribution in [3.8, 4) is 11.5 Å². The summed E-state index contributed by atoms with van der Waals surface area (Å²) < 4.78 is 11.7. The molecule has 0 fully saturated rings. The Bertz CT molecular complexity index is 1080. The van der Waals surface area contributed by atoms with Gasteiger partial charge < -0.3 is 20.1 Å². The second kappa shape index (κ2) is 13.4. The highest BCUT2D eigenvalue weighted by Gasteiger charge is 2.16. The molecular formula is C22H23Cl2IN4O5. The van der Waals surface area contributed by atoms with Crippen molar-refractivity contribution < 1.29 is 23.9 Å². The van der Waals surface area contributed by atoms with E-state index in [4.69, 9.17) is 32.7 Å². The first-order valence-electron chi connectivity index (χ1n) is 10.0. The number of rotatable bonds is 9. The summed E-state index contributed by atoms with van der Waals surface area (Å²) in [6, 6.07) is 7.89. The van der Waals surface area contributed by atoms with Crippen molar-refractivity contribution in [3.63, 3.8) is 0 Å². The van der Waals surface area contributed by atoms with Crippen LogP contribution in [0.1, 0.15) is 25.8 Å². The second-order valence-corrected chi connectivity index (χ2v) is 9.05. The fourth-order valence-corrected chi connectivity index (χ4v) is 3.83. The van der Waals surface area contributed by atoms with E-state index in [2.05, 4.69) is 21.2 Å². The number of hydrazone groups is 1. The summed E-state index contributed by atoms with van der Waals surface area (Å²) in [4.78, 5) is 35.8. The molecule has 2 aromatic rings. The standard InChI is InChI=1S/C22H23Cl2IN4O5/c1-4-12(2)27-21(31)22(32)29-26-10-13-5-17(25)20(18(6-13)33-3)34-11-19(30)28-16-8-14(23)7-15(24)9-16/h5-10,12H,4,11H2,1-3H3,(H,27,31)(H,28,30)(H,29,32)/b26-10-/t12-/m1/s1. The summed E-state index contributed by atoms with van der Waals surface area (Å²) in [6.07, 6.45) is 2.06. The second-order valence-electron chi connectivity index (χ2n) is 7.01. The van der Waals surface area contributed by atoms with Crippen LogP contribution >= 0.6 is 45.8 Å². The fourth-order valence-electron chi connectivity index (χ4n) is 2.52. The highest BCUT2D eigenvalue weighted by Crippen LogP contribution is 2.33. The van der Waals surface area contributed by atoms with E-state index in [1.807, 2.05) is 29.5 Å². The maximum atomic E-state index is 12.3. The molecule has 0 bridgehead atoms. The Kier molecular flexibility index (Phi) is 10.9. The van der Waals surface area contributed by atoms with Crippen LogP contribution in [0.3, 0.4) is 0 Å². The highest BCUT2D eigenvalue weighted by molar-refractivity contribution is 14.1. The number of hydrogen-bond acceptors (Lipinski definition) is 6. The molecule has 0 radical (unpaired) electrons. The number of hydrogen-bond donors (Lipinski definition) is 3. The summed E-state index contributed by atoms with van der Waals surface area (Å²) >= 11 is 13.9.